The summed E-state index contributed by atoms with van der Waals surface area (Å²) in [5.74, 6) is 0. The molecule has 1 aliphatic heterocycles. The fourth-order valence-corrected chi connectivity index (χ4v) is 2.00. The number of hydrogen-bond donors (Lipinski definition) is 1. The lowest BCUT2D eigenvalue weighted by Gasteiger charge is -2.19. The van der Waals surface area contributed by atoms with Crippen molar-refractivity contribution in [3.63, 3.8) is 0 Å². The molecule has 0 fully saturated rings. The van der Waals surface area contributed by atoms with Crippen LogP contribution in [0.3, 0.4) is 0 Å². The number of fused-ring (bicyclic) bond motifs is 1. The second-order valence-electron chi connectivity index (χ2n) is 3.65. The van der Waals surface area contributed by atoms with Crippen LogP contribution in [-0.2, 0) is 13.0 Å². The van der Waals surface area contributed by atoms with E-state index in [9.17, 15) is 0 Å². The number of nitrogens with one attached hydrogen (secondary N) is 1. The molecule has 0 unspecified atom stereocenters. The molecule has 0 bridgehead atoms. The zero-order chi connectivity index (χ0) is 8.55. The number of rotatable bonds is 0. The average molecular weight is 159 g/mol. The molecule has 2 heteroatoms. The van der Waals surface area contributed by atoms with Crippen molar-refractivity contribution in [2.45, 2.75) is 19.9 Å². The van der Waals surface area contributed by atoms with Gasteiger partial charge >= 0.3 is 0 Å². The van der Waals surface area contributed by atoms with Crippen molar-refractivity contribution in [3.05, 3.63) is 28.8 Å². The molecule has 1 heterocycles. The van der Waals surface area contributed by atoms with Crippen LogP contribution in [-0.4, -0.2) is 14.4 Å². The summed E-state index contributed by atoms with van der Waals surface area (Å²) >= 11 is 0. The monoisotopic (exact) mass is 159 g/mol. The van der Waals surface area contributed by atoms with E-state index in [-0.39, 0.29) is 0 Å². The van der Waals surface area contributed by atoms with Gasteiger partial charge in [0.25, 0.3) is 0 Å². The average Bonchev–Trinajstić information content (AvgIpc) is 2.04. The van der Waals surface area contributed by atoms with Gasteiger partial charge in [0.05, 0.1) is 0 Å². The van der Waals surface area contributed by atoms with Crippen molar-refractivity contribution in [3.8, 4) is 0 Å². The molecular weight excluding hydrogens is 145 g/mol. The highest BCUT2D eigenvalue weighted by Gasteiger charge is 2.10. The van der Waals surface area contributed by atoms with Crippen LogP contribution in [0.15, 0.2) is 12.1 Å². The number of aryl methyl sites for hydroxylation is 1. The first-order valence-electron chi connectivity index (χ1n) is 4.57. The fourth-order valence-electron chi connectivity index (χ4n) is 2.00. The predicted molar refractivity (Wildman–Crippen MR) is 54.8 cm³/mol. The summed E-state index contributed by atoms with van der Waals surface area (Å²) in [4.78, 5) is 0. The Morgan fingerprint density at radius 3 is 3.08 bits per heavy atom. The molecule has 0 amide bonds. The highest BCUT2D eigenvalue weighted by Crippen LogP contribution is 2.15. The maximum Gasteiger partial charge on any atom is 0.139 e. The Balaban J connectivity index is 2.53. The standard InChI is InChI=1S/C10H14BN/c1-7-4-9(11)5-8-2-3-12-6-10(7)8/h4-5,12H,2-3,6,11H2,1H3. The summed E-state index contributed by atoms with van der Waals surface area (Å²) in [7, 11) is 2.18. The summed E-state index contributed by atoms with van der Waals surface area (Å²) in [6.07, 6.45) is 1.19. The Hall–Kier alpha value is -0.755. The van der Waals surface area contributed by atoms with Crippen LogP contribution in [0.4, 0.5) is 0 Å². The Morgan fingerprint density at radius 1 is 1.42 bits per heavy atom. The summed E-state index contributed by atoms with van der Waals surface area (Å²) < 4.78 is 0. The Labute approximate surface area is 74.6 Å². The summed E-state index contributed by atoms with van der Waals surface area (Å²) in [6, 6.07) is 4.59. The van der Waals surface area contributed by atoms with Crippen molar-refractivity contribution in [2.24, 2.45) is 0 Å². The van der Waals surface area contributed by atoms with Crippen LogP contribution < -0.4 is 10.8 Å². The molecule has 0 spiro atoms. The lowest BCUT2D eigenvalue weighted by atomic mass is 9.87. The maximum atomic E-state index is 3.40. The Bertz CT molecular complexity index is 307. The third-order valence-corrected chi connectivity index (χ3v) is 2.58. The third kappa shape index (κ3) is 1.27. The molecule has 1 aliphatic rings. The van der Waals surface area contributed by atoms with E-state index in [1.807, 2.05) is 0 Å². The van der Waals surface area contributed by atoms with E-state index in [4.69, 9.17) is 0 Å². The van der Waals surface area contributed by atoms with Crippen LogP contribution in [0.1, 0.15) is 16.7 Å². The molecule has 0 aliphatic carbocycles. The molecule has 2 rings (SSSR count). The van der Waals surface area contributed by atoms with Crippen molar-refractivity contribution < 1.29 is 0 Å². The molecule has 1 aromatic rings. The van der Waals surface area contributed by atoms with Gasteiger partial charge < -0.3 is 5.32 Å². The van der Waals surface area contributed by atoms with Gasteiger partial charge in [0.1, 0.15) is 7.85 Å². The van der Waals surface area contributed by atoms with Crippen molar-refractivity contribution in [2.75, 3.05) is 6.54 Å². The van der Waals surface area contributed by atoms with E-state index in [1.165, 1.54) is 23.0 Å². The first kappa shape index (κ1) is 7.87. The van der Waals surface area contributed by atoms with Crippen LogP contribution in [0.25, 0.3) is 0 Å². The van der Waals surface area contributed by atoms with Crippen molar-refractivity contribution in [1.82, 2.24) is 5.32 Å². The van der Waals surface area contributed by atoms with Crippen LogP contribution >= 0.6 is 0 Å². The van der Waals surface area contributed by atoms with Crippen LogP contribution in [0.5, 0.6) is 0 Å². The molecule has 12 heavy (non-hydrogen) atoms. The van der Waals surface area contributed by atoms with E-state index in [2.05, 4.69) is 32.2 Å². The molecule has 1 nitrogen and oxygen atoms in total. The minimum Gasteiger partial charge on any atom is -0.312 e. The molecule has 62 valence electrons. The molecule has 0 aromatic heterocycles. The normalized spacial score (nSPS) is 15.8. The molecule has 1 aromatic carbocycles. The molecule has 0 atom stereocenters. The van der Waals surface area contributed by atoms with Crippen LogP contribution in [0, 0.1) is 6.92 Å². The highest BCUT2D eigenvalue weighted by molar-refractivity contribution is 6.32. The Morgan fingerprint density at radius 2 is 2.25 bits per heavy atom. The predicted octanol–water partition coefficient (Wildman–Crippen LogP) is -0.101. The second-order valence-corrected chi connectivity index (χ2v) is 3.65. The van der Waals surface area contributed by atoms with Gasteiger partial charge in [-0.3, -0.25) is 0 Å². The SMILES string of the molecule is Bc1cc(C)c2c(c1)CCNC2. The Kier molecular flexibility index (Phi) is 1.93. The van der Waals surface area contributed by atoms with E-state index < -0.39 is 0 Å². The van der Waals surface area contributed by atoms with Gasteiger partial charge in [0.15, 0.2) is 0 Å². The lowest BCUT2D eigenvalue weighted by molar-refractivity contribution is 0.641. The summed E-state index contributed by atoms with van der Waals surface area (Å²) in [5.41, 5.74) is 5.91. The fraction of sp³-hybridized carbons (Fsp3) is 0.400. The minimum atomic E-state index is 1.06. The molecule has 0 saturated heterocycles. The second kappa shape index (κ2) is 2.94. The van der Waals surface area contributed by atoms with Gasteiger partial charge in [-0.15, -0.1) is 0 Å². The van der Waals surface area contributed by atoms with Gasteiger partial charge in [0.2, 0.25) is 0 Å². The zero-order valence-electron chi connectivity index (χ0n) is 7.78. The number of hydrogen-bond acceptors (Lipinski definition) is 1. The van der Waals surface area contributed by atoms with Gasteiger partial charge in [-0.1, -0.05) is 17.6 Å². The van der Waals surface area contributed by atoms with Crippen LogP contribution in [0.2, 0.25) is 0 Å². The van der Waals surface area contributed by atoms with Gasteiger partial charge in [0, 0.05) is 6.54 Å². The molecule has 0 radical (unpaired) electrons. The number of benzene rings is 1. The van der Waals surface area contributed by atoms with Gasteiger partial charge in [-0.05, 0) is 36.6 Å². The minimum absolute atomic E-state index is 1.06. The molecular formula is C10H14BN. The first-order chi connectivity index (χ1) is 5.77. The smallest absolute Gasteiger partial charge is 0.139 e. The van der Waals surface area contributed by atoms with Gasteiger partial charge in [-0.25, -0.2) is 0 Å². The highest BCUT2D eigenvalue weighted by atomic mass is 14.9. The maximum absolute atomic E-state index is 3.40. The quantitative estimate of drug-likeness (QED) is 0.521. The van der Waals surface area contributed by atoms with E-state index in [0.29, 0.717) is 0 Å². The first-order valence-corrected chi connectivity index (χ1v) is 4.57. The van der Waals surface area contributed by atoms with E-state index in [0.717, 1.165) is 13.1 Å². The largest absolute Gasteiger partial charge is 0.312 e. The van der Waals surface area contributed by atoms with Gasteiger partial charge in [-0.2, -0.15) is 0 Å². The lowest BCUT2D eigenvalue weighted by Crippen LogP contribution is -2.26. The molecule has 1 N–H and O–H groups in total. The topological polar surface area (TPSA) is 12.0 Å². The third-order valence-electron chi connectivity index (χ3n) is 2.58. The van der Waals surface area contributed by atoms with Crippen molar-refractivity contribution in [1.29, 1.82) is 0 Å². The molecule has 0 saturated carbocycles. The summed E-state index contributed by atoms with van der Waals surface area (Å²) in [6.45, 7) is 4.40. The van der Waals surface area contributed by atoms with E-state index >= 15 is 0 Å². The zero-order valence-corrected chi connectivity index (χ0v) is 7.78. The van der Waals surface area contributed by atoms with E-state index in [1.54, 1.807) is 5.56 Å². The summed E-state index contributed by atoms with van der Waals surface area (Å²) in [5, 5.41) is 3.40. The van der Waals surface area contributed by atoms with Crippen molar-refractivity contribution >= 4 is 13.3 Å².